The molecule has 1 atom stereocenters. The number of likely N-dealkylation sites (tertiary alicyclic amines) is 1. The van der Waals surface area contributed by atoms with Gasteiger partial charge in [0.05, 0.1) is 5.92 Å². The van der Waals surface area contributed by atoms with Gasteiger partial charge in [-0.1, -0.05) is 44.5 Å². The summed E-state index contributed by atoms with van der Waals surface area (Å²) < 4.78 is 5.43. The first-order valence-electron chi connectivity index (χ1n) is 11.2. The lowest BCUT2D eigenvalue weighted by atomic mass is 9.87. The number of piperidine rings is 1. The maximum atomic E-state index is 12.6. The molecule has 0 radical (unpaired) electrons. The SMILES string of the molecule is C[C@@H](OC(=O)C1CCN(C(=O)c2ccc(Cl)cc2)CC1)C(=O)Nc1ccc(C(C)(C)C)cc1. The molecule has 1 heterocycles. The van der Waals surface area contributed by atoms with Crippen molar-refractivity contribution in [2.75, 3.05) is 18.4 Å². The first kappa shape index (κ1) is 24.8. The van der Waals surface area contributed by atoms with Gasteiger partial charge in [0.1, 0.15) is 0 Å². The Labute approximate surface area is 200 Å². The van der Waals surface area contributed by atoms with Crippen LogP contribution in [-0.2, 0) is 19.7 Å². The number of hydrogen-bond donors (Lipinski definition) is 1. The average molecular weight is 471 g/mol. The summed E-state index contributed by atoms with van der Waals surface area (Å²) >= 11 is 5.88. The zero-order valence-corrected chi connectivity index (χ0v) is 20.3. The topological polar surface area (TPSA) is 75.7 Å². The quantitative estimate of drug-likeness (QED) is 0.619. The highest BCUT2D eigenvalue weighted by Gasteiger charge is 2.30. The van der Waals surface area contributed by atoms with Crippen LogP contribution in [0.5, 0.6) is 0 Å². The minimum Gasteiger partial charge on any atom is -0.452 e. The monoisotopic (exact) mass is 470 g/mol. The third-order valence-corrected chi connectivity index (χ3v) is 6.14. The van der Waals surface area contributed by atoms with Gasteiger partial charge in [-0.2, -0.15) is 0 Å². The maximum Gasteiger partial charge on any atom is 0.309 e. The number of anilines is 1. The predicted molar refractivity (Wildman–Crippen MR) is 129 cm³/mol. The van der Waals surface area contributed by atoms with E-state index in [1.54, 1.807) is 36.1 Å². The van der Waals surface area contributed by atoms with E-state index in [9.17, 15) is 14.4 Å². The lowest BCUT2D eigenvalue weighted by Crippen LogP contribution is -2.41. The summed E-state index contributed by atoms with van der Waals surface area (Å²) in [5.74, 6) is -1.19. The smallest absolute Gasteiger partial charge is 0.309 e. The molecular formula is C26H31ClN2O4. The van der Waals surface area contributed by atoms with Crippen molar-refractivity contribution in [3.8, 4) is 0 Å². The Hall–Kier alpha value is -2.86. The number of benzene rings is 2. The van der Waals surface area contributed by atoms with Crippen LogP contribution in [0.3, 0.4) is 0 Å². The maximum absolute atomic E-state index is 12.6. The van der Waals surface area contributed by atoms with E-state index in [0.29, 0.717) is 42.2 Å². The third kappa shape index (κ3) is 6.57. The molecule has 7 heteroatoms. The fraction of sp³-hybridized carbons (Fsp3) is 0.423. The van der Waals surface area contributed by atoms with Crippen LogP contribution in [0.15, 0.2) is 48.5 Å². The van der Waals surface area contributed by atoms with Crippen molar-refractivity contribution in [3.05, 3.63) is 64.7 Å². The lowest BCUT2D eigenvalue weighted by molar-refractivity contribution is -0.158. The van der Waals surface area contributed by atoms with Gasteiger partial charge in [0.2, 0.25) is 0 Å². The standard InChI is InChI=1S/C26H31ClN2O4/c1-17(23(30)28-22-11-7-20(8-12-22)26(2,3)4)33-25(32)19-13-15-29(16-14-19)24(31)18-5-9-21(27)10-6-18/h5-12,17,19H,13-16H2,1-4H3,(H,28,30)/t17-/m1/s1. The van der Waals surface area contributed by atoms with E-state index in [2.05, 4.69) is 26.1 Å². The summed E-state index contributed by atoms with van der Waals surface area (Å²) in [5, 5.41) is 3.37. The van der Waals surface area contributed by atoms with E-state index < -0.39 is 12.1 Å². The van der Waals surface area contributed by atoms with Crippen molar-refractivity contribution < 1.29 is 19.1 Å². The molecule has 1 fully saturated rings. The molecule has 0 aliphatic carbocycles. The number of hydrogen-bond acceptors (Lipinski definition) is 4. The first-order chi connectivity index (χ1) is 15.5. The number of carbonyl (C=O) groups is 3. The highest BCUT2D eigenvalue weighted by Crippen LogP contribution is 2.24. The molecule has 0 spiro atoms. The molecular weight excluding hydrogens is 440 g/mol. The number of rotatable bonds is 5. The van der Waals surface area contributed by atoms with Gasteiger partial charge in [-0.25, -0.2) is 0 Å². The van der Waals surface area contributed by atoms with Crippen LogP contribution in [0.25, 0.3) is 0 Å². The fourth-order valence-electron chi connectivity index (χ4n) is 3.71. The molecule has 6 nitrogen and oxygen atoms in total. The van der Waals surface area contributed by atoms with E-state index in [4.69, 9.17) is 16.3 Å². The highest BCUT2D eigenvalue weighted by molar-refractivity contribution is 6.30. The normalized spacial score (nSPS) is 15.6. The zero-order valence-electron chi connectivity index (χ0n) is 19.6. The molecule has 1 saturated heterocycles. The molecule has 1 aliphatic rings. The summed E-state index contributed by atoms with van der Waals surface area (Å²) in [4.78, 5) is 39.4. The van der Waals surface area contributed by atoms with Crippen molar-refractivity contribution in [2.45, 2.75) is 52.1 Å². The predicted octanol–water partition coefficient (Wildman–Crippen LogP) is 5.06. The molecule has 0 bridgehead atoms. The molecule has 2 aromatic carbocycles. The molecule has 0 unspecified atom stereocenters. The largest absolute Gasteiger partial charge is 0.452 e. The molecule has 1 N–H and O–H groups in total. The number of amides is 2. The van der Waals surface area contributed by atoms with Crippen LogP contribution >= 0.6 is 11.6 Å². The highest BCUT2D eigenvalue weighted by atomic mass is 35.5. The van der Waals surface area contributed by atoms with Crippen molar-refractivity contribution in [1.82, 2.24) is 4.90 Å². The molecule has 2 amide bonds. The van der Waals surface area contributed by atoms with E-state index >= 15 is 0 Å². The van der Waals surface area contributed by atoms with Gasteiger partial charge in [0.25, 0.3) is 11.8 Å². The average Bonchev–Trinajstić information content (AvgIpc) is 2.79. The first-order valence-corrected chi connectivity index (χ1v) is 11.6. The molecule has 0 saturated carbocycles. The van der Waals surface area contributed by atoms with E-state index in [0.717, 1.165) is 0 Å². The lowest BCUT2D eigenvalue weighted by Gasteiger charge is -2.31. The van der Waals surface area contributed by atoms with Gasteiger partial charge in [-0.3, -0.25) is 14.4 Å². The second kappa shape index (κ2) is 10.4. The van der Waals surface area contributed by atoms with Crippen LogP contribution in [0.4, 0.5) is 5.69 Å². The van der Waals surface area contributed by atoms with Crippen LogP contribution in [0.1, 0.15) is 56.5 Å². The number of nitrogens with one attached hydrogen (secondary N) is 1. The summed E-state index contributed by atoms with van der Waals surface area (Å²) in [5.41, 5.74) is 2.42. The van der Waals surface area contributed by atoms with Crippen LogP contribution in [0, 0.1) is 5.92 Å². The van der Waals surface area contributed by atoms with Gasteiger partial charge in [0.15, 0.2) is 6.10 Å². The van der Waals surface area contributed by atoms with E-state index in [1.807, 2.05) is 24.3 Å². The Kier molecular flexibility index (Phi) is 7.80. The van der Waals surface area contributed by atoms with E-state index in [1.165, 1.54) is 5.56 Å². The van der Waals surface area contributed by atoms with Gasteiger partial charge in [-0.05, 0) is 67.1 Å². The molecule has 3 rings (SSSR count). The third-order valence-electron chi connectivity index (χ3n) is 5.89. The molecule has 0 aromatic heterocycles. The Morgan fingerprint density at radius 1 is 1.00 bits per heavy atom. The van der Waals surface area contributed by atoms with Crippen molar-refractivity contribution in [1.29, 1.82) is 0 Å². The molecule has 33 heavy (non-hydrogen) atoms. The van der Waals surface area contributed by atoms with Crippen LogP contribution in [0.2, 0.25) is 5.02 Å². The van der Waals surface area contributed by atoms with Gasteiger partial charge in [0, 0.05) is 29.4 Å². The molecule has 2 aromatic rings. The minimum absolute atomic E-state index is 0.0281. The van der Waals surface area contributed by atoms with Gasteiger partial charge in [-0.15, -0.1) is 0 Å². The van der Waals surface area contributed by atoms with Crippen LogP contribution < -0.4 is 5.32 Å². The van der Waals surface area contributed by atoms with Crippen molar-refractivity contribution in [2.24, 2.45) is 5.92 Å². The van der Waals surface area contributed by atoms with Gasteiger partial charge < -0.3 is 15.0 Å². The summed E-state index contributed by atoms with van der Waals surface area (Å²) in [7, 11) is 0. The number of carbonyl (C=O) groups excluding carboxylic acids is 3. The van der Waals surface area contributed by atoms with E-state index in [-0.39, 0.29) is 23.1 Å². The Balaban J connectivity index is 1.47. The van der Waals surface area contributed by atoms with Crippen molar-refractivity contribution in [3.63, 3.8) is 0 Å². The number of ether oxygens (including phenoxy) is 1. The molecule has 176 valence electrons. The second-order valence-electron chi connectivity index (χ2n) is 9.47. The number of nitrogens with zero attached hydrogens (tertiary/aromatic N) is 1. The minimum atomic E-state index is -0.909. The number of esters is 1. The summed E-state index contributed by atoms with van der Waals surface area (Å²) in [6.45, 7) is 8.86. The Morgan fingerprint density at radius 2 is 1.58 bits per heavy atom. The number of halogens is 1. The zero-order chi connectivity index (χ0) is 24.2. The summed E-state index contributed by atoms with van der Waals surface area (Å²) in [6, 6.07) is 14.4. The summed E-state index contributed by atoms with van der Waals surface area (Å²) in [6.07, 6.45) is 0.0927. The van der Waals surface area contributed by atoms with Crippen LogP contribution in [-0.4, -0.2) is 41.9 Å². The van der Waals surface area contributed by atoms with Crippen molar-refractivity contribution >= 4 is 35.1 Å². The molecule has 1 aliphatic heterocycles. The van der Waals surface area contributed by atoms with Gasteiger partial charge >= 0.3 is 5.97 Å². The Morgan fingerprint density at radius 3 is 2.12 bits per heavy atom. The Bertz CT molecular complexity index is 988. The second-order valence-corrected chi connectivity index (χ2v) is 9.91. The fourth-order valence-corrected chi connectivity index (χ4v) is 3.84.